The first kappa shape index (κ1) is 31.1. The SMILES string of the molecule is COCCOc1cc(N)cc(CO[C@@H]2CC[C@H]2NC(=O)n2cnc3c(N(C)Cc4ccc(OC)cc4OC)cc(Cl)nc32)n1. The number of methoxy groups -OCH3 is 3. The third kappa shape index (κ3) is 7.07. The quantitative estimate of drug-likeness (QED) is 0.164. The Morgan fingerprint density at radius 2 is 1.95 bits per heavy atom. The van der Waals surface area contributed by atoms with Gasteiger partial charge in [0.05, 0.1) is 51.0 Å². The van der Waals surface area contributed by atoms with Gasteiger partial charge in [0.2, 0.25) is 5.88 Å². The van der Waals surface area contributed by atoms with Gasteiger partial charge in [-0.2, -0.15) is 0 Å². The largest absolute Gasteiger partial charge is 0.497 e. The molecule has 0 unspecified atom stereocenters. The number of nitrogen functional groups attached to an aromatic ring is 1. The molecule has 234 valence electrons. The van der Waals surface area contributed by atoms with Gasteiger partial charge < -0.3 is 39.6 Å². The highest BCUT2D eigenvalue weighted by Gasteiger charge is 2.34. The molecule has 14 heteroatoms. The van der Waals surface area contributed by atoms with Gasteiger partial charge in [0.1, 0.15) is 35.1 Å². The van der Waals surface area contributed by atoms with Crippen LogP contribution in [0.25, 0.3) is 11.2 Å². The monoisotopic (exact) mass is 625 g/mol. The lowest BCUT2D eigenvalue weighted by Gasteiger charge is -2.36. The molecule has 0 radical (unpaired) electrons. The highest BCUT2D eigenvalue weighted by Crippen LogP contribution is 2.31. The third-order valence-electron chi connectivity index (χ3n) is 7.37. The number of anilines is 2. The van der Waals surface area contributed by atoms with Crippen LogP contribution in [-0.4, -0.2) is 79.3 Å². The first-order valence-electron chi connectivity index (χ1n) is 14.1. The van der Waals surface area contributed by atoms with Crippen LogP contribution >= 0.6 is 11.6 Å². The number of hydrogen-bond donors (Lipinski definition) is 2. The first-order chi connectivity index (χ1) is 21.3. The van der Waals surface area contributed by atoms with Crippen LogP contribution in [0.2, 0.25) is 5.15 Å². The van der Waals surface area contributed by atoms with E-state index in [4.69, 9.17) is 41.0 Å². The van der Waals surface area contributed by atoms with Crippen molar-refractivity contribution in [2.45, 2.75) is 38.1 Å². The van der Waals surface area contributed by atoms with E-state index in [9.17, 15) is 4.79 Å². The number of aromatic nitrogens is 4. The van der Waals surface area contributed by atoms with Crippen molar-refractivity contribution in [1.82, 2.24) is 24.8 Å². The van der Waals surface area contributed by atoms with Crippen LogP contribution in [0.1, 0.15) is 24.1 Å². The number of pyridine rings is 2. The molecule has 3 heterocycles. The van der Waals surface area contributed by atoms with Crippen LogP contribution in [0.3, 0.4) is 0 Å². The Labute approximate surface area is 260 Å². The second-order valence-electron chi connectivity index (χ2n) is 10.3. The molecule has 1 aromatic carbocycles. The molecule has 1 aliphatic rings. The number of fused-ring (bicyclic) bond motifs is 1. The van der Waals surface area contributed by atoms with Gasteiger partial charge in [-0.05, 0) is 31.0 Å². The molecular formula is C30H36ClN7O6. The van der Waals surface area contributed by atoms with Crippen molar-refractivity contribution in [2.24, 2.45) is 0 Å². The van der Waals surface area contributed by atoms with E-state index in [1.54, 1.807) is 39.5 Å². The maximum atomic E-state index is 13.4. The summed E-state index contributed by atoms with van der Waals surface area (Å²) in [7, 11) is 6.73. The lowest BCUT2D eigenvalue weighted by Crippen LogP contribution is -2.52. The molecule has 0 bridgehead atoms. The van der Waals surface area contributed by atoms with E-state index in [0.717, 1.165) is 24.1 Å². The molecule has 13 nitrogen and oxygen atoms in total. The lowest BCUT2D eigenvalue weighted by atomic mass is 9.89. The van der Waals surface area contributed by atoms with Gasteiger partial charge in [-0.15, -0.1) is 0 Å². The second kappa shape index (κ2) is 14.0. The minimum absolute atomic E-state index is 0.187. The molecule has 0 saturated heterocycles. The van der Waals surface area contributed by atoms with Crippen LogP contribution in [0.5, 0.6) is 17.4 Å². The summed E-state index contributed by atoms with van der Waals surface area (Å²) < 4.78 is 28.9. The normalized spacial score (nSPS) is 15.9. The van der Waals surface area contributed by atoms with Gasteiger partial charge in [0.25, 0.3) is 0 Å². The topological polar surface area (TPSA) is 148 Å². The number of benzene rings is 1. The van der Waals surface area contributed by atoms with Crippen LogP contribution in [0.4, 0.5) is 16.2 Å². The van der Waals surface area contributed by atoms with Gasteiger partial charge in [-0.1, -0.05) is 11.6 Å². The van der Waals surface area contributed by atoms with Crippen molar-refractivity contribution in [1.29, 1.82) is 0 Å². The maximum Gasteiger partial charge on any atom is 0.328 e. The summed E-state index contributed by atoms with van der Waals surface area (Å²) in [4.78, 5) is 28.7. The summed E-state index contributed by atoms with van der Waals surface area (Å²) >= 11 is 6.43. The number of amides is 1. The zero-order chi connectivity index (χ0) is 31.2. The molecule has 1 saturated carbocycles. The van der Waals surface area contributed by atoms with E-state index < -0.39 is 0 Å². The summed E-state index contributed by atoms with van der Waals surface area (Å²) in [5, 5.41) is 3.28. The molecule has 1 fully saturated rings. The minimum atomic E-state index is -0.373. The number of imidazole rings is 1. The van der Waals surface area contributed by atoms with Crippen molar-refractivity contribution in [3.63, 3.8) is 0 Å². The molecule has 1 amide bonds. The van der Waals surface area contributed by atoms with Crippen LogP contribution < -0.4 is 30.2 Å². The summed E-state index contributed by atoms with van der Waals surface area (Å²) in [6, 6.07) is 10.2. The van der Waals surface area contributed by atoms with Crippen LogP contribution in [0.15, 0.2) is 42.7 Å². The van der Waals surface area contributed by atoms with E-state index in [1.165, 1.54) is 10.9 Å². The average Bonchev–Trinajstić information content (AvgIpc) is 3.42. The Balaban J connectivity index is 1.25. The number of nitrogens with one attached hydrogen (secondary N) is 1. The van der Waals surface area contributed by atoms with E-state index in [1.807, 2.05) is 30.1 Å². The highest BCUT2D eigenvalue weighted by atomic mass is 35.5. The van der Waals surface area contributed by atoms with Crippen molar-refractivity contribution >= 4 is 40.2 Å². The summed E-state index contributed by atoms with van der Waals surface area (Å²) in [5.74, 6) is 1.80. The fourth-order valence-electron chi connectivity index (χ4n) is 4.92. The van der Waals surface area contributed by atoms with Gasteiger partial charge in [0.15, 0.2) is 5.65 Å². The van der Waals surface area contributed by atoms with Crippen LogP contribution in [0, 0.1) is 0 Å². The van der Waals surface area contributed by atoms with Crippen molar-refractivity contribution in [3.05, 3.63) is 59.1 Å². The molecule has 5 rings (SSSR count). The fourth-order valence-corrected chi connectivity index (χ4v) is 5.11. The van der Waals surface area contributed by atoms with E-state index in [2.05, 4.69) is 20.3 Å². The van der Waals surface area contributed by atoms with Crippen LogP contribution in [-0.2, 0) is 22.6 Å². The summed E-state index contributed by atoms with van der Waals surface area (Å²) in [5.41, 5.74) is 9.71. The average molecular weight is 626 g/mol. The Morgan fingerprint density at radius 1 is 1.11 bits per heavy atom. The predicted molar refractivity (Wildman–Crippen MR) is 166 cm³/mol. The zero-order valence-corrected chi connectivity index (χ0v) is 25.8. The first-order valence-corrected chi connectivity index (χ1v) is 14.4. The van der Waals surface area contributed by atoms with Crippen molar-refractivity contribution in [2.75, 3.05) is 52.2 Å². The Morgan fingerprint density at radius 3 is 2.68 bits per heavy atom. The lowest BCUT2D eigenvalue weighted by molar-refractivity contribution is -0.0336. The standard InChI is InChI=1S/C30H36ClN7O6/c1-37(15-18-5-6-21(41-3)13-25(18)42-4)23-14-26(31)36-29-28(23)33-17-38(29)30(39)35-22-7-8-24(22)44-16-20-11-19(32)12-27(34-20)43-10-9-40-2/h5-6,11-14,17,22,24H,7-10,15-16H2,1-4H3,(H2,32,34)(H,35,39)/t22-,24-/m1/s1. The Bertz CT molecular complexity index is 1620. The zero-order valence-electron chi connectivity index (χ0n) is 25.1. The van der Waals surface area contributed by atoms with E-state index in [0.29, 0.717) is 59.7 Å². The smallest absolute Gasteiger partial charge is 0.328 e. The molecular weight excluding hydrogens is 590 g/mol. The number of rotatable bonds is 13. The molecule has 44 heavy (non-hydrogen) atoms. The third-order valence-corrected chi connectivity index (χ3v) is 7.56. The number of carbonyl (C=O) groups is 1. The molecule has 3 N–H and O–H groups in total. The Kier molecular flexibility index (Phi) is 9.88. The molecule has 4 aromatic rings. The van der Waals surface area contributed by atoms with Crippen molar-refractivity contribution in [3.8, 4) is 17.4 Å². The van der Waals surface area contributed by atoms with Gasteiger partial charge in [-0.3, -0.25) is 0 Å². The Hall–Kier alpha value is -4.33. The highest BCUT2D eigenvalue weighted by molar-refractivity contribution is 6.30. The molecule has 3 aromatic heterocycles. The maximum absolute atomic E-state index is 13.4. The number of halogens is 1. The minimum Gasteiger partial charge on any atom is -0.497 e. The number of carbonyl (C=O) groups excluding carboxylic acids is 1. The van der Waals surface area contributed by atoms with Crippen molar-refractivity contribution < 1.29 is 28.5 Å². The molecule has 0 spiro atoms. The van der Waals surface area contributed by atoms with E-state index >= 15 is 0 Å². The second-order valence-corrected chi connectivity index (χ2v) is 10.7. The predicted octanol–water partition coefficient (Wildman–Crippen LogP) is 4.05. The van der Waals surface area contributed by atoms with E-state index in [-0.39, 0.29) is 29.9 Å². The molecule has 2 atom stereocenters. The van der Waals surface area contributed by atoms with Gasteiger partial charge >= 0.3 is 6.03 Å². The number of hydrogen-bond acceptors (Lipinski definition) is 11. The summed E-state index contributed by atoms with van der Waals surface area (Å²) in [6.45, 7) is 1.52. The fraction of sp³-hybridized carbons (Fsp3) is 0.400. The van der Waals surface area contributed by atoms with Gasteiger partial charge in [-0.25, -0.2) is 24.3 Å². The number of nitrogens with zero attached hydrogens (tertiary/aromatic N) is 5. The molecule has 0 aliphatic heterocycles. The summed E-state index contributed by atoms with van der Waals surface area (Å²) in [6.07, 6.45) is 2.82. The number of ether oxygens (including phenoxy) is 5. The number of nitrogens with two attached hydrogens (primary N) is 1. The molecule has 1 aliphatic carbocycles. The van der Waals surface area contributed by atoms with Gasteiger partial charge in [0, 0.05) is 50.2 Å².